The molecule has 20 heavy (non-hydrogen) atoms. The summed E-state index contributed by atoms with van der Waals surface area (Å²) in [4.78, 5) is 7.36. The van der Waals surface area contributed by atoms with E-state index < -0.39 is 0 Å². The summed E-state index contributed by atoms with van der Waals surface area (Å²) in [6, 6.07) is 8.66. The summed E-state index contributed by atoms with van der Waals surface area (Å²) in [5, 5.41) is 0. The van der Waals surface area contributed by atoms with E-state index in [0.29, 0.717) is 12.6 Å². The lowest BCUT2D eigenvalue weighted by atomic mass is 10.1. The van der Waals surface area contributed by atoms with Crippen LogP contribution in [0.25, 0.3) is 11.0 Å². The van der Waals surface area contributed by atoms with Crippen molar-refractivity contribution < 1.29 is 0 Å². The average Bonchev–Trinajstić information content (AvgIpc) is 2.85. The van der Waals surface area contributed by atoms with Gasteiger partial charge in [-0.05, 0) is 45.0 Å². The number of likely N-dealkylation sites (tertiary alicyclic amines) is 1. The van der Waals surface area contributed by atoms with Crippen LogP contribution >= 0.6 is 0 Å². The van der Waals surface area contributed by atoms with Crippen molar-refractivity contribution in [2.75, 3.05) is 19.6 Å². The molecule has 1 atom stereocenters. The molecule has 0 bridgehead atoms. The molecule has 2 aromatic rings. The van der Waals surface area contributed by atoms with Crippen molar-refractivity contribution in [3.05, 3.63) is 30.1 Å². The first-order valence-electron chi connectivity index (χ1n) is 7.68. The van der Waals surface area contributed by atoms with Crippen molar-refractivity contribution in [3.8, 4) is 0 Å². The van der Waals surface area contributed by atoms with E-state index in [0.717, 1.165) is 17.9 Å². The minimum Gasteiger partial charge on any atom is -0.328 e. The Balaban J connectivity index is 1.95. The highest BCUT2D eigenvalue weighted by Crippen LogP contribution is 2.22. The molecule has 1 aromatic carbocycles. The Bertz CT molecular complexity index is 569. The molecule has 2 heterocycles. The lowest BCUT2D eigenvalue weighted by molar-refractivity contribution is 0.212. The molecule has 4 nitrogen and oxygen atoms in total. The van der Waals surface area contributed by atoms with E-state index in [9.17, 15) is 0 Å². The summed E-state index contributed by atoms with van der Waals surface area (Å²) in [7, 11) is 0. The molecule has 1 aliphatic heterocycles. The van der Waals surface area contributed by atoms with Crippen LogP contribution in [0.5, 0.6) is 0 Å². The zero-order valence-corrected chi connectivity index (χ0v) is 12.3. The van der Waals surface area contributed by atoms with E-state index >= 15 is 0 Å². The second-order valence-corrected chi connectivity index (χ2v) is 5.81. The summed E-state index contributed by atoms with van der Waals surface area (Å²) in [5.74, 6) is 1.16. The Hall–Kier alpha value is -1.39. The second kappa shape index (κ2) is 5.94. The van der Waals surface area contributed by atoms with Crippen molar-refractivity contribution in [3.63, 3.8) is 0 Å². The molecule has 1 aromatic heterocycles. The first kappa shape index (κ1) is 13.6. The van der Waals surface area contributed by atoms with Gasteiger partial charge in [-0.15, -0.1) is 0 Å². The lowest BCUT2D eigenvalue weighted by Gasteiger charge is -2.27. The third-order valence-electron chi connectivity index (χ3n) is 4.26. The molecule has 1 aliphatic rings. The Morgan fingerprint density at radius 2 is 1.95 bits per heavy atom. The molecule has 2 N–H and O–H groups in total. The van der Waals surface area contributed by atoms with Gasteiger partial charge < -0.3 is 10.3 Å². The van der Waals surface area contributed by atoms with Crippen molar-refractivity contribution in [2.45, 2.75) is 38.8 Å². The molecule has 1 saturated heterocycles. The van der Waals surface area contributed by atoms with Gasteiger partial charge in [-0.3, -0.25) is 4.90 Å². The molecule has 0 amide bonds. The smallest absolute Gasteiger partial charge is 0.124 e. The van der Waals surface area contributed by atoms with Gasteiger partial charge >= 0.3 is 0 Å². The van der Waals surface area contributed by atoms with Crippen LogP contribution in [0.15, 0.2) is 24.3 Å². The van der Waals surface area contributed by atoms with Crippen LogP contribution in [0.2, 0.25) is 0 Å². The number of para-hydroxylation sites is 2. The van der Waals surface area contributed by atoms with Crippen molar-refractivity contribution in [1.82, 2.24) is 14.5 Å². The zero-order valence-electron chi connectivity index (χ0n) is 12.3. The molecule has 0 spiro atoms. The van der Waals surface area contributed by atoms with E-state index in [2.05, 4.69) is 40.7 Å². The van der Waals surface area contributed by atoms with Gasteiger partial charge in [0, 0.05) is 12.6 Å². The van der Waals surface area contributed by atoms with E-state index in [1.54, 1.807) is 0 Å². The van der Waals surface area contributed by atoms with Crippen LogP contribution in [-0.2, 0) is 6.54 Å². The first-order valence-corrected chi connectivity index (χ1v) is 7.68. The predicted octanol–water partition coefficient (Wildman–Crippen LogP) is 2.54. The highest BCUT2D eigenvalue weighted by molar-refractivity contribution is 5.76. The van der Waals surface area contributed by atoms with Gasteiger partial charge in [-0.1, -0.05) is 18.6 Å². The lowest BCUT2D eigenvalue weighted by Crippen LogP contribution is -2.31. The van der Waals surface area contributed by atoms with Gasteiger partial charge in [-0.2, -0.15) is 0 Å². The number of hydrogen-bond acceptors (Lipinski definition) is 3. The maximum atomic E-state index is 5.89. The quantitative estimate of drug-likeness (QED) is 0.930. The largest absolute Gasteiger partial charge is 0.328 e. The molecule has 3 rings (SSSR count). The minimum absolute atomic E-state index is 0.294. The molecular formula is C16H24N4. The van der Waals surface area contributed by atoms with E-state index in [1.165, 1.54) is 37.9 Å². The predicted molar refractivity (Wildman–Crippen MR) is 82.6 cm³/mol. The number of hydrogen-bond donors (Lipinski definition) is 1. The van der Waals surface area contributed by atoms with Crippen LogP contribution in [0.4, 0.5) is 0 Å². The zero-order chi connectivity index (χ0) is 13.9. The van der Waals surface area contributed by atoms with Gasteiger partial charge in [0.1, 0.15) is 5.82 Å². The van der Waals surface area contributed by atoms with Crippen LogP contribution in [0.1, 0.15) is 38.1 Å². The highest BCUT2D eigenvalue weighted by Gasteiger charge is 2.18. The average molecular weight is 272 g/mol. The topological polar surface area (TPSA) is 47.1 Å². The number of piperidine rings is 1. The molecular weight excluding hydrogens is 248 g/mol. The normalized spacial score (nSPS) is 18.5. The molecule has 4 heteroatoms. The fourth-order valence-corrected chi connectivity index (χ4v) is 3.12. The maximum absolute atomic E-state index is 5.89. The highest BCUT2D eigenvalue weighted by atomic mass is 15.2. The van der Waals surface area contributed by atoms with Gasteiger partial charge in [0.2, 0.25) is 0 Å². The molecule has 108 valence electrons. The van der Waals surface area contributed by atoms with Crippen LogP contribution in [0, 0.1) is 0 Å². The first-order chi connectivity index (χ1) is 9.79. The molecule has 0 aliphatic carbocycles. The number of fused-ring (bicyclic) bond motifs is 1. The summed E-state index contributed by atoms with van der Waals surface area (Å²) in [6.07, 6.45) is 3.99. The number of aromatic nitrogens is 2. The Kier molecular flexibility index (Phi) is 4.03. The third kappa shape index (κ3) is 2.58. The minimum atomic E-state index is 0.294. The maximum Gasteiger partial charge on any atom is 0.124 e. The Labute approximate surface area is 120 Å². The molecule has 1 fully saturated rings. The number of nitrogens with zero attached hydrogens (tertiary/aromatic N) is 3. The summed E-state index contributed by atoms with van der Waals surface area (Å²) < 4.78 is 2.32. The van der Waals surface area contributed by atoms with Gasteiger partial charge in [0.25, 0.3) is 0 Å². The Morgan fingerprint density at radius 3 is 2.70 bits per heavy atom. The Morgan fingerprint density at radius 1 is 1.20 bits per heavy atom. The summed E-state index contributed by atoms with van der Waals surface area (Å²) in [6.45, 7) is 6.15. The standard InChI is InChI=1S/C16H24N4/c1-13(11-17)20-15-8-4-3-7-14(15)18-16(20)12-19-9-5-2-6-10-19/h3-4,7-8,13H,2,5-6,9-12,17H2,1H3. The molecule has 0 radical (unpaired) electrons. The van der Waals surface area contributed by atoms with Crippen molar-refractivity contribution in [2.24, 2.45) is 5.73 Å². The number of imidazole rings is 1. The van der Waals surface area contributed by atoms with Gasteiger partial charge in [0.15, 0.2) is 0 Å². The monoisotopic (exact) mass is 272 g/mol. The number of rotatable bonds is 4. The number of benzene rings is 1. The summed E-state index contributed by atoms with van der Waals surface area (Å²) in [5.41, 5.74) is 8.18. The van der Waals surface area contributed by atoms with Crippen molar-refractivity contribution >= 4 is 11.0 Å². The van der Waals surface area contributed by atoms with Gasteiger partial charge in [0.05, 0.1) is 17.6 Å². The number of nitrogens with two attached hydrogens (primary N) is 1. The fraction of sp³-hybridized carbons (Fsp3) is 0.562. The summed E-state index contributed by atoms with van der Waals surface area (Å²) >= 11 is 0. The van der Waals surface area contributed by atoms with Gasteiger partial charge in [-0.25, -0.2) is 4.98 Å². The van der Waals surface area contributed by atoms with E-state index in [1.807, 2.05) is 0 Å². The molecule has 0 saturated carbocycles. The van der Waals surface area contributed by atoms with Crippen LogP contribution in [0.3, 0.4) is 0 Å². The van der Waals surface area contributed by atoms with Crippen molar-refractivity contribution in [1.29, 1.82) is 0 Å². The fourth-order valence-electron chi connectivity index (χ4n) is 3.12. The second-order valence-electron chi connectivity index (χ2n) is 5.81. The van der Waals surface area contributed by atoms with E-state index in [-0.39, 0.29) is 0 Å². The third-order valence-corrected chi connectivity index (χ3v) is 4.26. The molecule has 1 unspecified atom stereocenters. The van der Waals surface area contributed by atoms with E-state index in [4.69, 9.17) is 10.7 Å². The van der Waals surface area contributed by atoms with Crippen LogP contribution in [-0.4, -0.2) is 34.1 Å². The SMILES string of the molecule is CC(CN)n1c(CN2CCCCC2)nc2ccccc21. The van der Waals surface area contributed by atoms with Crippen LogP contribution < -0.4 is 5.73 Å².